The minimum atomic E-state index is 0. The molecule has 1 heterocycles. The monoisotopic (exact) mass is 467 g/mol. The van der Waals surface area contributed by atoms with Gasteiger partial charge in [0.25, 0.3) is 0 Å². The van der Waals surface area contributed by atoms with Gasteiger partial charge in [0.2, 0.25) is 0 Å². The van der Waals surface area contributed by atoms with Crippen molar-refractivity contribution in [3.63, 3.8) is 0 Å². The average Bonchev–Trinajstić information content (AvgIpc) is 2.55. The third-order valence-electron chi connectivity index (χ3n) is 4.80. The topological polar surface area (TPSA) is 36.4 Å². The fraction of sp³-hybridized carbons (Fsp3) is 0.588. The summed E-state index contributed by atoms with van der Waals surface area (Å²) in [5.41, 5.74) is 1.31. The lowest BCUT2D eigenvalue weighted by Gasteiger charge is -2.39. The number of hydrogen-bond donors (Lipinski definition) is 2. The molecule has 23 heavy (non-hydrogen) atoms. The molecule has 0 saturated heterocycles. The summed E-state index contributed by atoms with van der Waals surface area (Å²) in [5, 5.41) is 8.34. The highest BCUT2D eigenvalue weighted by Gasteiger charge is 2.35. The Bertz CT molecular complexity index is 557. The van der Waals surface area contributed by atoms with Crippen LogP contribution in [0, 0.1) is 0 Å². The lowest BCUT2D eigenvalue weighted by molar-refractivity contribution is 0.291. The van der Waals surface area contributed by atoms with Crippen LogP contribution >= 0.6 is 47.2 Å². The fourth-order valence-electron chi connectivity index (χ4n) is 3.59. The second kappa shape index (κ2) is 8.77. The molecule has 1 fully saturated rings. The van der Waals surface area contributed by atoms with Gasteiger partial charge in [0.15, 0.2) is 5.96 Å². The number of hydrogen-bond acceptors (Lipinski definition) is 3. The van der Waals surface area contributed by atoms with Crippen LogP contribution in [0.5, 0.6) is 0 Å². The average molecular weight is 468 g/mol. The summed E-state index contributed by atoms with van der Waals surface area (Å²) in [7, 11) is 0. The highest BCUT2D eigenvalue weighted by molar-refractivity contribution is 14.0. The Morgan fingerprint density at radius 1 is 1.13 bits per heavy atom. The molecule has 0 radical (unpaired) electrons. The van der Waals surface area contributed by atoms with Crippen molar-refractivity contribution in [1.82, 2.24) is 10.6 Å². The molecule has 3 nitrogen and oxygen atoms in total. The fourth-order valence-corrected chi connectivity index (χ4v) is 4.20. The predicted octanol–water partition coefficient (Wildman–Crippen LogP) is 4.75. The van der Waals surface area contributed by atoms with Gasteiger partial charge >= 0.3 is 0 Å². The summed E-state index contributed by atoms with van der Waals surface area (Å²) in [6.45, 7) is 2.78. The molecule has 0 amide bonds. The molecule has 1 saturated carbocycles. The van der Waals surface area contributed by atoms with E-state index in [2.05, 4.69) is 21.7 Å². The van der Waals surface area contributed by atoms with Gasteiger partial charge in [-0.25, -0.2) is 0 Å². The van der Waals surface area contributed by atoms with Crippen molar-refractivity contribution in [1.29, 1.82) is 0 Å². The summed E-state index contributed by atoms with van der Waals surface area (Å²) in [6, 6.07) is 5.93. The van der Waals surface area contributed by atoms with E-state index in [0.29, 0.717) is 5.02 Å². The van der Waals surface area contributed by atoms with Crippen molar-refractivity contribution in [3.05, 3.63) is 33.8 Å². The van der Waals surface area contributed by atoms with Crippen LogP contribution in [0.3, 0.4) is 0 Å². The third-order valence-corrected chi connectivity index (χ3v) is 5.35. The SMILES string of the molecule is Clc1ccc(C2(CNC3=NCCCN3)CCCCC2)c(Cl)c1.I. The van der Waals surface area contributed by atoms with E-state index in [4.69, 9.17) is 23.2 Å². The molecule has 0 atom stereocenters. The Kier molecular flexibility index (Phi) is 7.29. The Hall–Kier alpha value is -0.200. The molecular formula is C17H24Cl2IN3. The molecule has 2 aliphatic rings. The zero-order chi connectivity index (χ0) is 15.4. The molecule has 0 aromatic heterocycles. The molecule has 1 aromatic carbocycles. The minimum Gasteiger partial charge on any atom is -0.356 e. The van der Waals surface area contributed by atoms with Crippen molar-refractivity contribution in [2.75, 3.05) is 19.6 Å². The standard InChI is InChI=1S/C17H23Cl2N3.HI/c18-13-5-6-14(15(19)11-13)17(7-2-1-3-8-17)12-22-16-20-9-4-10-21-16;/h5-6,11H,1-4,7-10,12H2,(H2,20,21,22);1H. The van der Waals surface area contributed by atoms with Crippen LogP contribution in [0.2, 0.25) is 10.0 Å². The van der Waals surface area contributed by atoms with E-state index in [1.165, 1.54) is 24.8 Å². The number of nitrogens with zero attached hydrogens (tertiary/aromatic N) is 1. The zero-order valence-electron chi connectivity index (χ0n) is 13.2. The third kappa shape index (κ3) is 4.67. The maximum absolute atomic E-state index is 6.52. The van der Waals surface area contributed by atoms with E-state index in [9.17, 15) is 0 Å². The van der Waals surface area contributed by atoms with Crippen molar-refractivity contribution < 1.29 is 0 Å². The normalized spacial score (nSPS) is 20.0. The minimum absolute atomic E-state index is 0. The van der Waals surface area contributed by atoms with Crippen molar-refractivity contribution in [3.8, 4) is 0 Å². The van der Waals surface area contributed by atoms with Crippen LogP contribution in [-0.4, -0.2) is 25.6 Å². The second-order valence-electron chi connectivity index (χ2n) is 6.33. The first-order valence-electron chi connectivity index (χ1n) is 8.17. The molecule has 2 N–H and O–H groups in total. The van der Waals surface area contributed by atoms with Crippen molar-refractivity contribution in [2.45, 2.75) is 43.9 Å². The van der Waals surface area contributed by atoms with Gasteiger partial charge in [0, 0.05) is 35.1 Å². The summed E-state index contributed by atoms with van der Waals surface area (Å²) < 4.78 is 0. The molecule has 0 unspecified atom stereocenters. The number of benzene rings is 1. The van der Waals surface area contributed by atoms with Gasteiger partial charge in [-0.15, -0.1) is 24.0 Å². The van der Waals surface area contributed by atoms with E-state index in [-0.39, 0.29) is 29.4 Å². The van der Waals surface area contributed by atoms with Crippen molar-refractivity contribution >= 4 is 53.1 Å². The molecule has 1 aromatic rings. The van der Waals surface area contributed by atoms with E-state index < -0.39 is 0 Å². The van der Waals surface area contributed by atoms with Crippen LogP contribution in [0.15, 0.2) is 23.2 Å². The Labute approximate surface area is 165 Å². The molecule has 0 bridgehead atoms. The molecule has 128 valence electrons. The summed E-state index contributed by atoms with van der Waals surface area (Å²) in [4.78, 5) is 4.52. The maximum atomic E-state index is 6.52. The predicted molar refractivity (Wildman–Crippen MR) is 110 cm³/mol. The lowest BCUT2D eigenvalue weighted by atomic mass is 9.69. The van der Waals surface area contributed by atoms with E-state index >= 15 is 0 Å². The zero-order valence-corrected chi connectivity index (χ0v) is 17.0. The second-order valence-corrected chi connectivity index (χ2v) is 7.17. The van der Waals surface area contributed by atoms with E-state index in [0.717, 1.165) is 49.9 Å². The van der Waals surface area contributed by atoms with Gasteiger partial charge in [-0.05, 0) is 37.0 Å². The maximum Gasteiger partial charge on any atom is 0.191 e. The molecule has 3 rings (SSSR count). The highest BCUT2D eigenvalue weighted by Crippen LogP contribution is 2.42. The summed E-state index contributed by atoms with van der Waals surface area (Å²) in [5.74, 6) is 0.932. The Morgan fingerprint density at radius 2 is 1.91 bits per heavy atom. The summed E-state index contributed by atoms with van der Waals surface area (Å²) >= 11 is 12.6. The van der Waals surface area contributed by atoms with Gasteiger partial charge in [-0.2, -0.15) is 0 Å². The summed E-state index contributed by atoms with van der Waals surface area (Å²) in [6.07, 6.45) is 7.25. The van der Waals surface area contributed by atoms with Gasteiger partial charge in [-0.3, -0.25) is 4.99 Å². The van der Waals surface area contributed by atoms with Crippen LogP contribution in [-0.2, 0) is 5.41 Å². The molecule has 1 aliphatic carbocycles. The van der Waals surface area contributed by atoms with Crippen molar-refractivity contribution in [2.24, 2.45) is 4.99 Å². The van der Waals surface area contributed by atoms with E-state index in [1.807, 2.05) is 12.1 Å². The molecule has 0 spiro atoms. The van der Waals surface area contributed by atoms with Crippen LogP contribution in [0.4, 0.5) is 0 Å². The Balaban J connectivity index is 0.00000192. The highest BCUT2D eigenvalue weighted by atomic mass is 127. The lowest BCUT2D eigenvalue weighted by Crippen LogP contribution is -2.48. The van der Waals surface area contributed by atoms with Crippen LogP contribution in [0.25, 0.3) is 0 Å². The molecular weight excluding hydrogens is 444 g/mol. The number of halogens is 3. The number of rotatable bonds is 3. The molecule has 6 heteroatoms. The van der Waals surface area contributed by atoms with Gasteiger partial charge in [0.05, 0.1) is 0 Å². The smallest absolute Gasteiger partial charge is 0.191 e. The first-order valence-corrected chi connectivity index (χ1v) is 8.93. The van der Waals surface area contributed by atoms with Gasteiger partial charge in [0.1, 0.15) is 0 Å². The van der Waals surface area contributed by atoms with Gasteiger partial charge < -0.3 is 10.6 Å². The Morgan fingerprint density at radius 3 is 2.57 bits per heavy atom. The van der Waals surface area contributed by atoms with Crippen LogP contribution in [0.1, 0.15) is 44.1 Å². The van der Waals surface area contributed by atoms with Crippen LogP contribution < -0.4 is 10.6 Å². The molecule has 1 aliphatic heterocycles. The van der Waals surface area contributed by atoms with E-state index in [1.54, 1.807) is 0 Å². The number of nitrogens with one attached hydrogen (secondary N) is 2. The largest absolute Gasteiger partial charge is 0.356 e. The quantitative estimate of drug-likeness (QED) is 0.629. The number of guanidine groups is 1. The first-order chi connectivity index (χ1) is 10.7. The first kappa shape index (κ1) is 19.1. The van der Waals surface area contributed by atoms with Gasteiger partial charge in [-0.1, -0.05) is 48.5 Å². The number of aliphatic imine (C=N–C) groups is 1.